The first kappa shape index (κ1) is 43.7. The minimum atomic E-state index is 0.0244. The normalized spacial score (nSPS) is 14.6. The number of para-hydroxylation sites is 4. The van der Waals surface area contributed by atoms with Crippen LogP contribution in [0.15, 0.2) is 284 Å². The van der Waals surface area contributed by atoms with Gasteiger partial charge in [-0.15, -0.1) is 0 Å². The average Bonchev–Trinajstić information content (AvgIpc) is 4.28. The number of anilines is 3. The van der Waals surface area contributed by atoms with Gasteiger partial charge in [0.05, 0.1) is 11.2 Å². The fourth-order valence-corrected chi connectivity index (χ4v) is 12.1. The molecule has 0 bridgehead atoms. The lowest BCUT2D eigenvalue weighted by Crippen LogP contribution is -2.15. The third-order valence-electron chi connectivity index (χ3n) is 15.6. The molecule has 0 fully saturated rings. The van der Waals surface area contributed by atoms with Crippen molar-refractivity contribution < 1.29 is 9.15 Å². The first-order valence-electron chi connectivity index (χ1n) is 26.1. The van der Waals surface area contributed by atoms with Crippen LogP contribution >= 0.6 is 0 Å². The Morgan fingerprint density at radius 2 is 0.908 bits per heavy atom. The van der Waals surface area contributed by atoms with E-state index in [0.29, 0.717) is 0 Å². The number of aromatic nitrogens is 1. The summed E-state index contributed by atoms with van der Waals surface area (Å²) in [5.74, 6) is 1.20. The van der Waals surface area contributed by atoms with E-state index < -0.39 is 0 Å². The molecule has 0 radical (unpaired) electrons. The van der Waals surface area contributed by atoms with Gasteiger partial charge in [0.15, 0.2) is 0 Å². The minimum Gasteiger partial charge on any atom is -0.484 e. The van der Waals surface area contributed by atoms with Crippen molar-refractivity contribution in [3.05, 3.63) is 285 Å². The van der Waals surface area contributed by atoms with Crippen molar-refractivity contribution in [3.63, 3.8) is 0 Å². The molecular formula is C72H48N2O2. The SMILES string of the molecule is C1=CC2Oc3c(-c4ccc(N(c5ccc(-c6cccc7c6ccc6c(-c8ccccc8)c(-c8ccccc8)n(-c8ccccc8)c67)cc5)c5ccc(-c6cccc7c6oc6ccccc67)cc5)cc4)cccc3C2C=C1. The monoisotopic (exact) mass is 972 g/mol. The second-order valence-electron chi connectivity index (χ2n) is 19.8. The molecule has 0 saturated heterocycles. The van der Waals surface area contributed by atoms with Crippen molar-refractivity contribution in [2.24, 2.45) is 0 Å². The van der Waals surface area contributed by atoms with Crippen molar-refractivity contribution in [1.82, 2.24) is 4.57 Å². The van der Waals surface area contributed by atoms with Gasteiger partial charge in [0, 0.05) is 72.5 Å². The number of ether oxygens (including phenoxy) is 1. The average molecular weight is 973 g/mol. The molecule has 4 nitrogen and oxygen atoms in total. The van der Waals surface area contributed by atoms with E-state index in [0.717, 1.165) is 78.3 Å². The summed E-state index contributed by atoms with van der Waals surface area (Å²) in [6.07, 6.45) is 8.65. The molecule has 15 rings (SSSR count). The summed E-state index contributed by atoms with van der Waals surface area (Å²) in [5, 5.41) is 5.86. The van der Waals surface area contributed by atoms with Crippen LogP contribution in [0.3, 0.4) is 0 Å². The van der Waals surface area contributed by atoms with Gasteiger partial charge in [-0.1, -0.05) is 218 Å². The van der Waals surface area contributed by atoms with E-state index in [-0.39, 0.29) is 12.0 Å². The number of fused-ring (bicyclic) bond motifs is 9. The third-order valence-corrected chi connectivity index (χ3v) is 15.6. The summed E-state index contributed by atoms with van der Waals surface area (Å²) >= 11 is 0. The molecule has 2 atom stereocenters. The molecule has 0 amide bonds. The maximum absolute atomic E-state index is 6.61. The number of hydrogen-bond donors (Lipinski definition) is 0. The molecule has 2 unspecified atom stereocenters. The third kappa shape index (κ3) is 7.14. The highest BCUT2D eigenvalue weighted by Gasteiger charge is 2.34. The predicted molar refractivity (Wildman–Crippen MR) is 315 cm³/mol. The fraction of sp³-hybridized carbons (Fsp3) is 0.0278. The lowest BCUT2D eigenvalue weighted by atomic mass is 9.90. The molecule has 2 aliphatic rings. The zero-order valence-electron chi connectivity index (χ0n) is 41.4. The van der Waals surface area contributed by atoms with Gasteiger partial charge in [-0.25, -0.2) is 0 Å². The van der Waals surface area contributed by atoms with Crippen molar-refractivity contribution in [2.75, 3.05) is 4.90 Å². The van der Waals surface area contributed by atoms with Gasteiger partial charge in [0.25, 0.3) is 0 Å². The molecule has 13 aromatic rings. The van der Waals surface area contributed by atoms with E-state index in [2.05, 4.69) is 276 Å². The summed E-state index contributed by atoms with van der Waals surface area (Å²) in [6.45, 7) is 0. The quantitative estimate of drug-likeness (QED) is 0.144. The van der Waals surface area contributed by atoms with Crippen LogP contribution in [0.4, 0.5) is 17.1 Å². The summed E-state index contributed by atoms with van der Waals surface area (Å²) in [4.78, 5) is 2.35. The van der Waals surface area contributed by atoms with E-state index in [1.807, 2.05) is 12.1 Å². The van der Waals surface area contributed by atoms with E-state index in [1.165, 1.54) is 55.2 Å². The molecule has 11 aromatic carbocycles. The van der Waals surface area contributed by atoms with E-state index in [1.54, 1.807) is 0 Å². The molecule has 2 aromatic heterocycles. The zero-order chi connectivity index (χ0) is 50.1. The Hall–Kier alpha value is -9.90. The summed E-state index contributed by atoms with van der Waals surface area (Å²) in [7, 11) is 0. The number of hydrogen-bond acceptors (Lipinski definition) is 3. The van der Waals surface area contributed by atoms with Gasteiger partial charge in [-0.3, -0.25) is 0 Å². The molecule has 0 spiro atoms. The van der Waals surface area contributed by atoms with Crippen molar-refractivity contribution in [2.45, 2.75) is 12.0 Å². The van der Waals surface area contributed by atoms with Crippen LogP contribution < -0.4 is 9.64 Å². The largest absolute Gasteiger partial charge is 0.484 e. The molecular weight excluding hydrogens is 925 g/mol. The smallest absolute Gasteiger partial charge is 0.143 e. The summed E-state index contributed by atoms with van der Waals surface area (Å²) in [5.41, 5.74) is 20.0. The molecule has 4 heteroatoms. The maximum atomic E-state index is 6.61. The van der Waals surface area contributed by atoms with Crippen LogP contribution in [0, 0.1) is 0 Å². The van der Waals surface area contributed by atoms with E-state index in [4.69, 9.17) is 9.15 Å². The Morgan fingerprint density at radius 1 is 0.368 bits per heavy atom. The van der Waals surface area contributed by atoms with Gasteiger partial charge < -0.3 is 18.6 Å². The summed E-state index contributed by atoms with van der Waals surface area (Å²) < 4.78 is 15.6. The Morgan fingerprint density at radius 3 is 1.62 bits per heavy atom. The van der Waals surface area contributed by atoms with Gasteiger partial charge in [-0.05, 0) is 99.4 Å². The second kappa shape index (κ2) is 17.9. The maximum Gasteiger partial charge on any atom is 0.143 e. The highest BCUT2D eigenvalue weighted by atomic mass is 16.5. The first-order valence-corrected chi connectivity index (χ1v) is 26.1. The molecule has 1 aliphatic heterocycles. The Bertz CT molecular complexity index is 4400. The van der Waals surface area contributed by atoms with Crippen LogP contribution in [0.5, 0.6) is 5.75 Å². The number of rotatable bonds is 9. The standard InChI is InChI=1S/C72H48N2O2/c1-4-17-50(18-5-1)68-65-46-45-59-56(25-14-28-62(59)70(65)74(52-21-8-3-9-22-52)69(68)51-19-6-2-7-20-51)47-33-39-53(40-34-47)73(54-41-35-48(36-42-54)57-26-15-29-63-60-23-10-12-31-66(60)75-71(57)63)55-43-37-49(38-44-55)58-27-16-30-64-61-24-11-13-32-67(61)76-72(58)64/h1-46,60,66H. The molecule has 0 N–H and O–H groups in total. The van der Waals surface area contributed by atoms with Gasteiger partial charge >= 0.3 is 0 Å². The lowest BCUT2D eigenvalue weighted by Gasteiger charge is -2.26. The fourth-order valence-electron chi connectivity index (χ4n) is 12.1. The van der Waals surface area contributed by atoms with Crippen molar-refractivity contribution in [3.8, 4) is 67.2 Å². The van der Waals surface area contributed by atoms with Crippen LogP contribution in [-0.4, -0.2) is 10.7 Å². The van der Waals surface area contributed by atoms with E-state index in [9.17, 15) is 0 Å². The molecule has 1 aliphatic carbocycles. The van der Waals surface area contributed by atoms with Crippen LogP contribution in [0.1, 0.15) is 11.5 Å². The molecule has 358 valence electrons. The number of benzene rings is 11. The van der Waals surface area contributed by atoms with Crippen LogP contribution in [0.2, 0.25) is 0 Å². The van der Waals surface area contributed by atoms with Crippen LogP contribution in [-0.2, 0) is 0 Å². The zero-order valence-corrected chi connectivity index (χ0v) is 41.4. The Labute approximate surface area is 441 Å². The van der Waals surface area contributed by atoms with Crippen molar-refractivity contribution in [1.29, 1.82) is 0 Å². The Kier molecular flexibility index (Phi) is 10.3. The van der Waals surface area contributed by atoms with Gasteiger partial charge in [0.2, 0.25) is 0 Å². The topological polar surface area (TPSA) is 30.5 Å². The number of furan rings is 1. The van der Waals surface area contributed by atoms with Crippen LogP contribution in [0.25, 0.3) is 105 Å². The van der Waals surface area contributed by atoms with E-state index >= 15 is 0 Å². The van der Waals surface area contributed by atoms with Crippen molar-refractivity contribution >= 4 is 60.7 Å². The molecule has 0 saturated carbocycles. The minimum absolute atomic E-state index is 0.0244. The lowest BCUT2D eigenvalue weighted by molar-refractivity contribution is 0.270. The second-order valence-corrected chi connectivity index (χ2v) is 19.8. The number of nitrogens with zero attached hydrogens (tertiary/aromatic N) is 2. The Balaban J connectivity index is 0.852. The van der Waals surface area contributed by atoms with Gasteiger partial charge in [-0.2, -0.15) is 0 Å². The highest BCUT2D eigenvalue weighted by molar-refractivity contribution is 6.18. The summed E-state index contributed by atoms with van der Waals surface area (Å²) in [6, 6.07) is 92.1. The highest BCUT2D eigenvalue weighted by Crippen LogP contribution is 2.49. The molecule has 76 heavy (non-hydrogen) atoms. The predicted octanol–water partition coefficient (Wildman–Crippen LogP) is 19.5. The molecule has 3 heterocycles. The number of allylic oxidation sites excluding steroid dienone is 2. The van der Waals surface area contributed by atoms with Gasteiger partial charge in [0.1, 0.15) is 23.0 Å². The first-order chi connectivity index (χ1) is 37.7.